The Balaban J connectivity index is 2.02. The van der Waals surface area contributed by atoms with Crippen LogP contribution in [0.5, 0.6) is 0 Å². The van der Waals surface area contributed by atoms with E-state index in [1.807, 2.05) is 0 Å². The summed E-state index contributed by atoms with van der Waals surface area (Å²) in [6, 6.07) is 8.85. The molecule has 1 saturated heterocycles. The first kappa shape index (κ1) is 12.6. The molecule has 1 N–H and O–H groups in total. The first-order chi connectivity index (χ1) is 8.05. The molecule has 2 nitrogen and oxygen atoms in total. The van der Waals surface area contributed by atoms with Crippen LogP contribution in [-0.4, -0.2) is 31.1 Å². The molecule has 1 aromatic rings. The summed E-state index contributed by atoms with van der Waals surface area (Å²) >= 11 is 0. The van der Waals surface area contributed by atoms with Gasteiger partial charge in [-0.3, -0.25) is 4.90 Å². The molecule has 17 heavy (non-hydrogen) atoms. The maximum absolute atomic E-state index is 3.52. The zero-order valence-electron chi connectivity index (χ0n) is 11.3. The first-order valence-corrected chi connectivity index (χ1v) is 6.54. The molecule has 1 fully saturated rings. The van der Waals surface area contributed by atoms with Gasteiger partial charge in [0, 0.05) is 32.7 Å². The lowest BCUT2D eigenvalue weighted by Gasteiger charge is -2.29. The fourth-order valence-electron chi connectivity index (χ4n) is 2.61. The van der Waals surface area contributed by atoms with Crippen molar-refractivity contribution in [1.29, 1.82) is 0 Å². The van der Waals surface area contributed by atoms with Crippen molar-refractivity contribution in [2.24, 2.45) is 5.41 Å². The lowest BCUT2D eigenvalue weighted by molar-refractivity contribution is 0.200. The van der Waals surface area contributed by atoms with Gasteiger partial charge in [0.25, 0.3) is 0 Å². The molecular formula is C15H24N2. The summed E-state index contributed by atoms with van der Waals surface area (Å²) in [5.41, 5.74) is 3.16. The monoisotopic (exact) mass is 232 g/mol. The van der Waals surface area contributed by atoms with Crippen LogP contribution in [0.1, 0.15) is 25.0 Å². The highest BCUT2D eigenvalue weighted by Gasteiger charge is 2.24. The third-order valence-electron chi connectivity index (χ3n) is 3.35. The van der Waals surface area contributed by atoms with E-state index >= 15 is 0 Å². The van der Waals surface area contributed by atoms with Crippen molar-refractivity contribution >= 4 is 0 Å². The molecule has 0 radical (unpaired) electrons. The van der Waals surface area contributed by atoms with Gasteiger partial charge in [-0.1, -0.05) is 43.7 Å². The van der Waals surface area contributed by atoms with Gasteiger partial charge in [0.05, 0.1) is 0 Å². The second-order valence-electron chi connectivity index (χ2n) is 6.04. The summed E-state index contributed by atoms with van der Waals surface area (Å²) in [5.74, 6) is 0. The van der Waals surface area contributed by atoms with Crippen molar-refractivity contribution in [3.8, 4) is 0 Å². The van der Waals surface area contributed by atoms with Crippen LogP contribution in [0.3, 0.4) is 0 Å². The number of nitrogens with zero attached hydrogens (tertiary/aromatic N) is 1. The summed E-state index contributed by atoms with van der Waals surface area (Å²) in [7, 11) is 0. The number of benzene rings is 1. The second-order valence-corrected chi connectivity index (χ2v) is 6.04. The number of hydrogen-bond acceptors (Lipinski definition) is 2. The minimum absolute atomic E-state index is 0.375. The standard InChI is InChI=1S/C15H24N2/c1-13-5-4-6-14(9-13)10-17-8-7-16-11-15(2,3)12-17/h4-6,9,16H,7-8,10-12H2,1-3H3. The summed E-state index contributed by atoms with van der Waals surface area (Å²) in [5, 5.41) is 3.52. The molecule has 0 saturated carbocycles. The Morgan fingerprint density at radius 3 is 2.94 bits per heavy atom. The number of hydrogen-bond donors (Lipinski definition) is 1. The summed E-state index contributed by atoms with van der Waals surface area (Å²) < 4.78 is 0. The molecule has 0 unspecified atom stereocenters. The molecule has 1 aromatic carbocycles. The zero-order chi connectivity index (χ0) is 12.3. The van der Waals surface area contributed by atoms with Gasteiger partial charge < -0.3 is 5.32 Å². The Labute approximate surface area is 105 Å². The summed E-state index contributed by atoms with van der Waals surface area (Å²) in [6.07, 6.45) is 0. The average molecular weight is 232 g/mol. The molecule has 1 aliphatic rings. The molecule has 0 amide bonds. The maximum atomic E-state index is 3.52. The van der Waals surface area contributed by atoms with Crippen molar-refractivity contribution in [2.45, 2.75) is 27.3 Å². The zero-order valence-corrected chi connectivity index (χ0v) is 11.3. The van der Waals surface area contributed by atoms with Crippen molar-refractivity contribution in [3.63, 3.8) is 0 Å². The molecular weight excluding hydrogens is 208 g/mol. The highest BCUT2D eigenvalue weighted by Crippen LogP contribution is 2.19. The van der Waals surface area contributed by atoms with E-state index in [2.05, 4.69) is 55.3 Å². The van der Waals surface area contributed by atoms with Gasteiger partial charge >= 0.3 is 0 Å². The highest BCUT2D eigenvalue weighted by molar-refractivity contribution is 5.22. The average Bonchev–Trinajstić information content (AvgIpc) is 2.39. The van der Waals surface area contributed by atoms with Crippen LogP contribution in [0.15, 0.2) is 24.3 Å². The smallest absolute Gasteiger partial charge is 0.0234 e. The molecule has 94 valence electrons. The predicted octanol–water partition coefficient (Wildman–Crippen LogP) is 2.43. The van der Waals surface area contributed by atoms with Gasteiger partial charge in [-0.2, -0.15) is 0 Å². The Morgan fingerprint density at radius 2 is 2.18 bits per heavy atom. The SMILES string of the molecule is Cc1cccc(CN2CCNCC(C)(C)C2)c1. The molecule has 1 aliphatic heterocycles. The largest absolute Gasteiger partial charge is 0.315 e. The van der Waals surface area contributed by atoms with Crippen molar-refractivity contribution in [1.82, 2.24) is 10.2 Å². The van der Waals surface area contributed by atoms with E-state index in [0.29, 0.717) is 5.41 Å². The van der Waals surface area contributed by atoms with Gasteiger partial charge in [0.15, 0.2) is 0 Å². The van der Waals surface area contributed by atoms with Crippen LogP contribution in [0.4, 0.5) is 0 Å². The van der Waals surface area contributed by atoms with Crippen LogP contribution in [-0.2, 0) is 6.54 Å². The van der Waals surface area contributed by atoms with Crippen LogP contribution in [0.25, 0.3) is 0 Å². The van der Waals surface area contributed by atoms with E-state index < -0.39 is 0 Å². The predicted molar refractivity (Wildman–Crippen MR) is 73.1 cm³/mol. The normalized spacial score (nSPS) is 21.1. The lowest BCUT2D eigenvalue weighted by Crippen LogP contribution is -2.34. The molecule has 1 heterocycles. The van der Waals surface area contributed by atoms with Crippen molar-refractivity contribution < 1.29 is 0 Å². The second kappa shape index (κ2) is 5.19. The van der Waals surface area contributed by atoms with Crippen molar-refractivity contribution in [3.05, 3.63) is 35.4 Å². The number of rotatable bonds is 2. The maximum Gasteiger partial charge on any atom is 0.0234 e. The van der Waals surface area contributed by atoms with Crippen LogP contribution < -0.4 is 5.32 Å². The first-order valence-electron chi connectivity index (χ1n) is 6.54. The molecule has 0 atom stereocenters. The van der Waals surface area contributed by atoms with Gasteiger partial charge in [0.2, 0.25) is 0 Å². The summed E-state index contributed by atoms with van der Waals surface area (Å²) in [4.78, 5) is 2.56. The van der Waals surface area contributed by atoms with Gasteiger partial charge in [-0.05, 0) is 17.9 Å². The van der Waals surface area contributed by atoms with E-state index in [4.69, 9.17) is 0 Å². The number of nitrogens with one attached hydrogen (secondary N) is 1. The van der Waals surface area contributed by atoms with Gasteiger partial charge in [0.1, 0.15) is 0 Å². The fraction of sp³-hybridized carbons (Fsp3) is 0.600. The topological polar surface area (TPSA) is 15.3 Å². The molecule has 0 bridgehead atoms. The Bertz CT molecular complexity index is 371. The summed E-state index contributed by atoms with van der Waals surface area (Å²) in [6.45, 7) is 12.5. The van der Waals surface area contributed by atoms with Gasteiger partial charge in [-0.15, -0.1) is 0 Å². The van der Waals surface area contributed by atoms with E-state index in [0.717, 1.165) is 26.2 Å². The minimum atomic E-state index is 0.375. The Morgan fingerprint density at radius 1 is 1.35 bits per heavy atom. The third kappa shape index (κ3) is 3.83. The fourth-order valence-corrected chi connectivity index (χ4v) is 2.61. The lowest BCUT2D eigenvalue weighted by atomic mass is 9.93. The van der Waals surface area contributed by atoms with E-state index in [9.17, 15) is 0 Å². The Hall–Kier alpha value is -0.860. The van der Waals surface area contributed by atoms with E-state index in [1.54, 1.807) is 0 Å². The van der Waals surface area contributed by atoms with Crippen LogP contribution in [0.2, 0.25) is 0 Å². The third-order valence-corrected chi connectivity index (χ3v) is 3.35. The highest BCUT2D eigenvalue weighted by atomic mass is 15.2. The van der Waals surface area contributed by atoms with Crippen molar-refractivity contribution in [2.75, 3.05) is 26.2 Å². The minimum Gasteiger partial charge on any atom is -0.315 e. The van der Waals surface area contributed by atoms with Gasteiger partial charge in [-0.25, -0.2) is 0 Å². The number of aryl methyl sites for hydroxylation is 1. The molecule has 2 rings (SSSR count). The molecule has 2 heteroatoms. The van der Waals surface area contributed by atoms with E-state index in [1.165, 1.54) is 17.7 Å². The van der Waals surface area contributed by atoms with Crippen LogP contribution in [0, 0.1) is 12.3 Å². The van der Waals surface area contributed by atoms with E-state index in [-0.39, 0.29) is 0 Å². The molecule has 0 spiro atoms. The van der Waals surface area contributed by atoms with Crippen LogP contribution >= 0.6 is 0 Å². The quantitative estimate of drug-likeness (QED) is 0.842. The molecule has 0 aliphatic carbocycles. The molecule has 0 aromatic heterocycles. The Kier molecular flexibility index (Phi) is 3.85.